The molecule has 0 amide bonds. The molecule has 0 aliphatic carbocycles. The quantitative estimate of drug-likeness (QED) is 0.493. The summed E-state index contributed by atoms with van der Waals surface area (Å²) in [5.74, 6) is 9.65. The van der Waals surface area contributed by atoms with Crippen molar-refractivity contribution >= 4 is 5.97 Å². The highest BCUT2D eigenvalue weighted by atomic mass is 16.4. The molecule has 0 fully saturated rings. The van der Waals surface area contributed by atoms with Crippen LogP contribution in [0.2, 0.25) is 0 Å². The van der Waals surface area contributed by atoms with Crippen molar-refractivity contribution in [3.63, 3.8) is 0 Å². The second kappa shape index (κ2) is 8.64. The molecule has 0 aliphatic heterocycles. The van der Waals surface area contributed by atoms with E-state index >= 15 is 0 Å². The lowest BCUT2D eigenvalue weighted by Crippen LogP contribution is -1.91. The lowest BCUT2D eigenvalue weighted by molar-refractivity contribution is -0.136. The maximum absolute atomic E-state index is 10.0. The van der Waals surface area contributed by atoms with Gasteiger partial charge in [0.2, 0.25) is 0 Å². The number of unbranched alkanes of at least 4 members (excludes halogenated alkanes) is 1. The van der Waals surface area contributed by atoms with Crippen molar-refractivity contribution in [2.45, 2.75) is 25.7 Å². The van der Waals surface area contributed by atoms with Crippen LogP contribution < -0.4 is 0 Å². The average molecular weight is 180 g/mol. The van der Waals surface area contributed by atoms with Gasteiger partial charge in [0.05, 0.1) is 6.42 Å². The predicted octanol–water partition coefficient (Wildman–Crippen LogP) is 0.630. The first-order chi connectivity index (χ1) is 6.27. The van der Waals surface area contributed by atoms with E-state index in [-0.39, 0.29) is 13.0 Å². The van der Waals surface area contributed by atoms with Crippen molar-refractivity contribution in [3.05, 3.63) is 0 Å². The van der Waals surface area contributed by atoms with E-state index in [4.69, 9.17) is 10.2 Å². The Morgan fingerprint density at radius 3 is 2.31 bits per heavy atom. The zero-order valence-corrected chi connectivity index (χ0v) is 7.34. The molecule has 0 atom stereocenters. The molecule has 13 heavy (non-hydrogen) atoms. The Labute approximate surface area is 77.8 Å². The molecule has 0 unspecified atom stereocenters. The van der Waals surface area contributed by atoms with Crippen LogP contribution in [0.4, 0.5) is 0 Å². The Kier molecular flexibility index (Phi) is 7.68. The number of rotatable bonds is 4. The van der Waals surface area contributed by atoms with Gasteiger partial charge in [-0.05, 0) is 18.3 Å². The molecule has 0 rings (SSSR count). The standard InChI is InChI=1S/C10H12O3/c11-9-7-5-3-1-2-4-6-8-10(12)13/h11H,5-9H2,(H,12,13). The molecule has 2 N–H and O–H groups in total. The minimum Gasteiger partial charge on any atom is -0.481 e. The number of hydrogen-bond donors (Lipinski definition) is 2. The molecule has 0 saturated carbocycles. The molecule has 0 aromatic carbocycles. The molecule has 0 radical (unpaired) electrons. The summed E-state index contributed by atoms with van der Waals surface area (Å²) in [6.45, 7) is 0.140. The Bertz CT molecular complexity index is 259. The summed E-state index contributed by atoms with van der Waals surface area (Å²) in [6, 6.07) is 0. The van der Waals surface area contributed by atoms with Crippen LogP contribution >= 0.6 is 0 Å². The topological polar surface area (TPSA) is 57.5 Å². The van der Waals surface area contributed by atoms with Crippen LogP contribution in [-0.4, -0.2) is 22.8 Å². The van der Waals surface area contributed by atoms with Gasteiger partial charge in [0, 0.05) is 19.4 Å². The minimum atomic E-state index is -0.845. The number of aliphatic hydroxyl groups excluding tert-OH is 1. The van der Waals surface area contributed by atoms with Crippen LogP contribution in [0, 0.1) is 23.7 Å². The molecule has 0 saturated heterocycles. The fourth-order valence-electron chi connectivity index (χ4n) is 0.550. The van der Waals surface area contributed by atoms with Crippen molar-refractivity contribution in [3.8, 4) is 23.7 Å². The summed E-state index contributed by atoms with van der Waals surface area (Å²) in [5, 5.41) is 16.7. The minimum absolute atomic E-state index is 0.0608. The largest absolute Gasteiger partial charge is 0.481 e. The lowest BCUT2D eigenvalue weighted by Gasteiger charge is -1.82. The first-order valence-corrected chi connectivity index (χ1v) is 4.05. The van der Waals surface area contributed by atoms with Gasteiger partial charge in [-0.2, -0.15) is 0 Å². The maximum atomic E-state index is 10.0. The second-order valence-corrected chi connectivity index (χ2v) is 2.32. The Balaban J connectivity index is 3.46. The average Bonchev–Trinajstić information content (AvgIpc) is 2.09. The molecule has 3 heteroatoms. The molecule has 0 bridgehead atoms. The first kappa shape index (κ1) is 11.6. The highest BCUT2D eigenvalue weighted by molar-refractivity contribution is 5.67. The highest BCUT2D eigenvalue weighted by Gasteiger charge is 1.90. The van der Waals surface area contributed by atoms with Crippen LogP contribution in [0.15, 0.2) is 0 Å². The van der Waals surface area contributed by atoms with Gasteiger partial charge in [-0.1, -0.05) is 11.8 Å². The van der Waals surface area contributed by atoms with E-state index in [0.29, 0.717) is 19.3 Å². The normalized spacial score (nSPS) is 7.77. The molecule has 0 heterocycles. The SMILES string of the molecule is O=C(O)CCC#CC#CCCCO. The predicted molar refractivity (Wildman–Crippen MR) is 48.7 cm³/mol. The number of carboxylic acids is 1. The summed E-state index contributed by atoms with van der Waals surface area (Å²) in [6.07, 6.45) is 1.68. The summed E-state index contributed by atoms with van der Waals surface area (Å²) >= 11 is 0. The van der Waals surface area contributed by atoms with Crippen molar-refractivity contribution in [1.82, 2.24) is 0 Å². The summed E-state index contributed by atoms with van der Waals surface area (Å²) in [7, 11) is 0. The zero-order valence-electron chi connectivity index (χ0n) is 7.34. The molecule has 0 spiro atoms. The van der Waals surface area contributed by atoms with Gasteiger partial charge in [-0.15, -0.1) is 0 Å². The van der Waals surface area contributed by atoms with Gasteiger partial charge in [0.15, 0.2) is 0 Å². The fourth-order valence-corrected chi connectivity index (χ4v) is 0.550. The number of aliphatic carboxylic acids is 1. The lowest BCUT2D eigenvalue weighted by atomic mass is 10.3. The molecule has 0 aromatic heterocycles. The molecule has 0 aromatic rings. The van der Waals surface area contributed by atoms with E-state index in [0.717, 1.165) is 0 Å². The fraction of sp³-hybridized carbons (Fsp3) is 0.500. The first-order valence-electron chi connectivity index (χ1n) is 4.05. The molecule has 0 aliphatic rings. The third-order valence-corrected chi connectivity index (χ3v) is 1.16. The Hall–Kier alpha value is -1.45. The highest BCUT2D eigenvalue weighted by Crippen LogP contribution is 1.85. The van der Waals surface area contributed by atoms with Crippen LogP contribution in [-0.2, 0) is 4.79 Å². The van der Waals surface area contributed by atoms with Gasteiger partial charge < -0.3 is 10.2 Å². The Morgan fingerprint density at radius 1 is 1.15 bits per heavy atom. The third-order valence-electron chi connectivity index (χ3n) is 1.16. The summed E-state index contributed by atoms with van der Waals surface area (Å²) in [5.41, 5.74) is 0. The van der Waals surface area contributed by atoms with Gasteiger partial charge in [-0.3, -0.25) is 4.79 Å². The molecular weight excluding hydrogens is 168 g/mol. The molecular formula is C10H12O3. The van der Waals surface area contributed by atoms with Crippen molar-refractivity contribution in [2.24, 2.45) is 0 Å². The van der Waals surface area contributed by atoms with Crippen LogP contribution in [0.3, 0.4) is 0 Å². The number of aliphatic hydroxyl groups is 1. The van der Waals surface area contributed by atoms with Crippen molar-refractivity contribution < 1.29 is 15.0 Å². The van der Waals surface area contributed by atoms with Crippen LogP contribution in [0.25, 0.3) is 0 Å². The van der Waals surface area contributed by atoms with Crippen molar-refractivity contribution in [1.29, 1.82) is 0 Å². The zero-order chi connectivity index (χ0) is 9.94. The second-order valence-electron chi connectivity index (χ2n) is 2.32. The van der Waals surface area contributed by atoms with Gasteiger partial charge in [0.25, 0.3) is 0 Å². The van der Waals surface area contributed by atoms with Crippen molar-refractivity contribution in [2.75, 3.05) is 6.61 Å². The van der Waals surface area contributed by atoms with Gasteiger partial charge in [-0.25, -0.2) is 0 Å². The van der Waals surface area contributed by atoms with E-state index in [9.17, 15) is 4.79 Å². The third kappa shape index (κ3) is 10.6. The monoisotopic (exact) mass is 180 g/mol. The van der Waals surface area contributed by atoms with E-state index in [2.05, 4.69) is 23.7 Å². The van der Waals surface area contributed by atoms with Crippen LogP contribution in [0.5, 0.6) is 0 Å². The van der Waals surface area contributed by atoms with Gasteiger partial charge >= 0.3 is 5.97 Å². The Morgan fingerprint density at radius 2 is 1.77 bits per heavy atom. The van der Waals surface area contributed by atoms with E-state index in [1.807, 2.05) is 0 Å². The number of carboxylic acid groups (broad SMARTS) is 1. The van der Waals surface area contributed by atoms with Gasteiger partial charge in [0.1, 0.15) is 0 Å². The number of hydrogen-bond acceptors (Lipinski definition) is 2. The molecule has 70 valence electrons. The van der Waals surface area contributed by atoms with E-state index < -0.39 is 5.97 Å². The van der Waals surface area contributed by atoms with E-state index in [1.54, 1.807) is 0 Å². The smallest absolute Gasteiger partial charge is 0.304 e. The van der Waals surface area contributed by atoms with E-state index in [1.165, 1.54) is 0 Å². The molecule has 3 nitrogen and oxygen atoms in total. The summed E-state index contributed by atoms with van der Waals surface area (Å²) < 4.78 is 0. The summed E-state index contributed by atoms with van der Waals surface area (Å²) in [4.78, 5) is 10.0. The van der Waals surface area contributed by atoms with Crippen LogP contribution in [0.1, 0.15) is 25.7 Å². The number of carbonyl (C=O) groups is 1. The maximum Gasteiger partial charge on any atom is 0.304 e.